The summed E-state index contributed by atoms with van der Waals surface area (Å²) < 4.78 is 76.1. The number of anilines is 2. The van der Waals surface area contributed by atoms with E-state index in [4.69, 9.17) is 4.74 Å². The topological polar surface area (TPSA) is 121 Å². The Hall–Kier alpha value is -5.13. The number of rotatable bonds is 10. The maximum Gasteiger partial charge on any atom is 0.417 e. The van der Waals surface area contributed by atoms with E-state index in [9.17, 15) is 36.8 Å². The first kappa shape index (κ1) is 33.8. The molecule has 0 aliphatic heterocycles. The highest BCUT2D eigenvalue weighted by Gasteiger charge is 2.71. The van der Waals surface area contributed by atoms with E-state index >= 15 is 0 Å². The molecule has 1 heterocycles. The van der Waals surface area contributed by atoms with Crippen molar-refractivity contribution in [3.8, 4) is 17.2 Å². The molecule has 2 aliphatic carbocycles. The van der Waals surface area contributed by atoms with Crippen molar-refractivity contribution < 1.29 is 36.3 Å². The number of ether oxygens (including phenoxy) is 1. The Morgan fingerprint density at radius 3 is 2.55 bits per heavy atom. The van der Waals surface area contributed by atoms with Crippen molar-refractivity contribution in [2.75, 3.05) is 24.3 Å². The van der Waals surface area contributed by atoms with Crippen LogP contribution >= 0.6 is 0 Å². The zero-order valence-electron chi connectivity index (χ0n) is 26.4. The highest BCUT2D eigenvalue weighted by Crippen LogP contribution is 2.64. The van der Waals surface area contributed by atoms with Gasteiger partial charge in [0.15, 0.2) is 0 Å². The van der Waals surface area contributed by atoms with E-state index in [0.717, 1.165) is 6.07 Å². The van der Waals surface area contributed by atoms with E-state index in [1.165, 1.54) is 61.7 Å². The van der Waals surface area contributed by atoms with Crippen molar-refractivity contribution in [1.29, 1.82) is 5.26 Å². The summed E-state index contributed by atoms with van der Waals surface area (Å²) in [5.41, 5.74) is 0.340. The van der Waals surface area contributed by atoms with Crippen LogP contribution in [0.1, 0.15) is 40.2 Å². The average Bonchev–Trinajstić information content (AvgIpc) is 3.36. The van der Waals surface area contributed by atoms with Crippen LogP contribution in [0.2, 0.25) is 0 Å². The molecular weight excluding hydrogens is 647 g/mol. The Morgan fingerprint density at radius 1 is 1.10 bits per heavy atom. The van der Waals surface area contributed by atoms with Gasteiger partial charge in [-0.05, 0) is 66.4 Å². The molecule has 9 nitrogen and oxygen atoms in total. The normalized spacial score (nSPS) is 19.5. The van der Waals surface area contributed by atoms with Crippen LogP contribution in [-0.2, 0) is 29.4 Å². The van der Waals surface area contributed by atoms with Gasteiger partial charge < -0.3 is 25.3 Å². The smallest absolute Gasteiger partial charge is 0.377 e. The van der Waals surface area contributed by atoms with Crippen LogP contribution in [0, 0.1) is 23.2 Å². The van der Waals surface area contributed by atoms with Crippen molar-refractivity contribution in [2.45, 2.75) is 37.6 Å². The number of aromatic nitrogens is 2. The molecule has 14 heteroatoms. The van der Waals surface area contributed by atoms with E-state index in [1.54, 1.807) is 17.7 Å². The summed E-state index contributed by atoms with van der Waals surface area (Å²) >= 11 is 0. The molecule has 2 aliphatic rings. The fraction of sp³-hybridized carbons (Fsp3) is 0.314. The lowest BCUT2D eigenvalue weighted by Crippen LogP contribution is -2.29. The van der Waals surface area contributed by atoms with Gasteiger partial charge in [0, 0.05) is 55.9 Å². The van der Waals surface area contributed by atoms with Gasteiger partial charge in [0.25, 0.3) is 11.8 Å². The van der Waals surface area contributed by atoms with E-state index in [-0.39, 0.29) is 46.3 Å². The molecule has 1 aromatic heterocycles. The third-order valence-corrected chi connectivity index (χ3v) is 9.02. The summed E-state index contributed by atoms with van der Waals surface area (Å²) in [4.78, 5) is 30.0. The molecule has 49 heavy (non-hydrogen) atoms. The molecule has 0 radical (unpaired) electrons. The summed E-state index contributed by atoms with van der Waals surface area (Å²) in [6, 6.07) is 14.4. The number of carbonyl (C=O) groups excluding carboxylic acids is 2. The first-order chi connectivity index (χ1) is 23.3. The fourth-order valence-electron chi connectivity index (χ4n) is 6.43. The molecule has 2 fully saturated rings. The zero-order chi connectivity index (χ0) is 35.1. The molecule has 3 N–H and O–H groups in total. The molecule has 0 saturated heterocycles. The lowest BCUT2D eigenvalue weighted by atomic mass is 9.97. The number of methoxy groups -OCH3 is 1. The fourth-order valence-corrected chi connectivity index (χ4v) is 6.43. The summed E-state index contributed by atoms with van der Waals surface area (Å²) in [5.74, 6) is -4.32. The standard InChI is InChI=1S/C35H31F5N6O3/c1-46-30-16-25(35(38,39)40)24(15-29(30)44-31(46)18-49-2)19-5-3-6-22(12-19)43-33(48)20-8-9-28(21(11-20)17-41)45-32(47)7-4-10-42-23-13-26-27(14-23)34(26,36)37/h3-9,11-12,15-16,23,26-27,42H,10,13-14,18H2,1-2H3,(H,43,48)(H,45,47)/b7-4+. The number of hydrogen-bond acceptors (Lipinski definition) is 6. The Morgan fingerprint density at radius 2 is 1.86 bits per heavy atom. The Kier molecular flexibility index (Phi) is 9.00. The van der Waals surface area contributed by atoms with Crippen LogP contribution in [0.25, 0.3) is 22.2 Å². The number of halogens is 5. The molecule has 0 bridgehead atoms. The minimum absolute atomic E-state index is 0.0127. The molecule has 6 rings (SSSR count). The van der Waals surface area contributed by atoms with Crippen molar-refractivity contribution in [3.05, 3.63) is 89.3 Å². The Balaban J connectivity index is 1.12. The van der Waals surface area contributed by atoms with Crippen molar-refractivity contribution in [3.63, 3.8) is 0 Å². The number of imidazole rings is 1. The van der Waals surface area contributed by atoms with Crippen molar-refractivity contribution in [2.24, 2.45) is 18.9 Å². The third kappa shape index (κ3) is 6.90. The summed E-state index contributed by atoms with van der Waals surface area (Å²) in [6.45, 7) is 0.439. The van der Waals surface area contributed by atoms with E-state index in [1.807, 2.05) is 6.07 Å². The number of nitriles is 1. The largest absolute Gasteiger partial charge is 0.417 e. The minimum Gasteiger partial charge on any atom is -0.377 e. The van der Waals surface area contributed by atoms with E-state index in [2.05, 4.69) is 20.9 Å². The first-order valence-electron chi connectivity index (χ1n) is 15.4. The van der Waals surface area contributed by atoms with Crippen molar-refractivity contribution in [1.82, 2.24) is 14.9 Å². The van der Waals surface area contributed by atoms with Gasteiger partial charge in [-0.3, -0.25) is 9.59 Å². The number of amides is 2. The van der Waals surface area contributed by atoms with Gasteiger partial charge in [-0.15, -0.1) is 0 Å². The van der Waals surface area contributed by atoms with E-state index < -0.39 is 41.3 Å². The van der Waals surface area contributed by atoms with Gasteiger partial charge in [-0.2, -0.15) is 18.4 Å². The summed E-state index contributed by atoms with van der Waals surface area (Å²) in [7, 11) is 3.08. The molecule has 2 atom stereocenters. The average molecular weight is 679 g/mol. The molecule has 2 saturated carbocycles. The van der Waals surface area contributed by atoms with Crippen LogP contribution in [-0.4, -0.2) is 47.0 Å². The van der Waals surface area contributed by atoms with Crippen LogP contribution in [0.3, 0.4) is 0 Å². The lowest BCUT2D eigenvalue weighted by Gasteiger charge is -2.15. The summed E-state index contributed by atoms with van der Waals surface area (Å²) in [5, 5.41) is 18.1. The number of aryl methyl sites for hydroxylation is 1. The first-order valence-corrected chi connectivity index (χ1v) is 15.4. The highest BCUT2D eigenvalue weighted by atomic mass is 19.4. The number of nitrogens with one attached hydrogen (secondary N) is 3. The van der Waals surface area contributed by atoms with E-state index in [0.29, 0.717) is 36.2 Å². The second kappa shape index (κ2) is 13.1. The number of benzene rings is 3. The molecule has 2 amide bonds. The number of carbonyl (C=O) groups is 2. The van der Waals surface area contributed by atoms with Crippen LogP contribution in [0.15, 0.2) is 66.7 Å². The highest BCUT2D eigenvalue weighted by molar-refractivity contribution is 6.06. The second-order valence-corrected chi connectivity index (χ2v) is 12.2. The minimum atomic E-state index is -4.68. The second-order valence-electron chi connectivity index (χ2n) is 12.2. The van der Waals surface area contributed by atoms with Crippen molar-refractivity contribution >= 4 is 34.2 Å². The lowest BCUT2D eigenvalue weighted by molar-refractivity contribution is -0.137. The van der Waals surface area contributed by atoms with Gasteiger partial charge in [-0.25, -0.2) is 13.8 Å². The van der Waals surface area contributed by atoms with Gasteiger partial charge in [0.05, 0.1) is 27.8 Å². The number of hydrogen-bond donors (Lipinski definition) is 3. The van der Waals surface area contributed by atoms with Gasteiger partial charge in [0.2, 0.25) is 5.91 Å². The molecule has 3 aromatic carbocycles. The molecule has 4 aromatic rings. The van der Waals surface area contributed by atoms with Gasteiger partial charge in [-0.1, -0.05) is 18.2 Å². The quantitative estimate of drug-likeness (QED) is 0.128. The van der Waals surface area contributed by atoms with Gasteiger partial charge in [0.1, 0.15) is 18.5 Å². The van der Waals surface area contributed by atoms with Crippen LogP contribution in [0.4, 0.5) is 33.3 Å². The molecule has 0 spiro atoms. The third-order valence-electron chi connectivity index (χ3n) is 9.02. The monoisotopic (exact) mass is 678 g/mol. The number of fused-ring (bicyclic) bond motifs is 2. The summed E-state index contributed by atoms with van der Waals surface area (Å²) in [6.07, 6.45) is -1.03. The zero-order valence-corrected chi connectivity index (χ0v) is 26.4. The number of alkyl halides is 5. The molecule has 254 valence electrons. The molecular formula is C35H31F5N6O3. The maximum absolute atomic E-state index is 14.2. The predicted octanol–water partition coefficient (Wildman–Crippen LogP) is 6.66. The predicted molar refractivity (Wildman–Crippen MR) is 172 cm³/mol. The van der Waals surface area contributed by atoms with Gasteiger partial charge >= 0.3 is 6.18 Å². The Labute approximate surface area is 277 Å². The molecule has 2 unspecified atom stereocenters. The number of nitrogens with zero attached hydrogens (tertiary/aromatic N) is 3. The SMILES string of the molecule is COCc1nc2cc(-c3cccc(NC(=O)c4ccc(NC(=O)/C=C/CNC5CC6C(C5)C6(F)F)c(C#N)c4)c3)c(C(F)(F)F)cc2n1C. The Bertz CT molecular complexity index is 2000. The maximum atomic E-state index is 14.2. The van der Waals surface area contributed by atoms with Crippen LogP contribution < -0.4 is 16.0 Å². The van der Waals surface area contributed by atoms with Crippen LogP contribution in [0.5, 0.6) is 0 Å².